The smallest absolute Gasteiger partial charge is 0.122 e. The third-order valence-corrected chi connectivity index (χ3v) is 3.09. The molecule has 2 aromatic rings. The second-order valence-electron chi connectivity index (χ2n) is 4.92. The maximum absolute atomic E-state index is 5.76. The van der Waals surface area contributed by atoms with Crippen LogP contribution in [-0.4, -0.2) is 19.8 Å². The van der Waals surface area contributed by atoms with E-state index in [2.05, 4.69) is 25.2 Å². The van der Waals surface area contributed by atoms with Gasteiger partial charge in [-0.2, -0.15) is 0 Å². The first-order valence-corrected chi connectivity index (χ1v) is 7.44. The van der Waals surface area contributed by atoms with Crippen LogP contribution in [0.2, 0.25) is 0 Å². The van der Waals surface area contributed by atoms with Crippen LogP contribution in [0.5, 0.6) is 11.5 Å². The number of hydrogen-bond acceptors (Lipinski definition) is 3. The van der Waals surface area contributed by atoms with Gasteiger partial charge in [-0.05, 0) is 37.1 Å². The first kappa shape index (κ1) is 15.2. The number of ether oxygens (including phenoxy) is 2. The zero-order chi connectivity index (χ0) is 14.9. The maximum Gasteiger partial charge on any atom is 0.122 e. The van der Waals surface area contributed by atoms with E-state index >= 15 is 0 Å². The fourth-order valence-corrected chi connectivity index (χ4v) is 1.99. The van der Waals surface area contributed by atoms with Gasteiger partial charge < -0.3 is 14.8 Å². The van der Waals surface area contributed by atoms with E-state index in [0.717, 1.165) is 42.3 Å². The molecule has 0 aliphatic carbocycles. The lowest BCUT2D eigenvalue weighted by atomic mass is 10.2. The van der Waals surface area contributed by atoms with Crippen molar-refractivity contribution >= 4 is 5.69 Å². The number of hydrogen-bond donors (Lipinski definition) is 1. The van der Waals surface area contributed by atoms with E-state index in [1.54, 1.807) is 0 Å². The van der Waals surface area contributed by atoms with E-state index in [0.29, 0.717) is 6.61 Å². The van der Waals surface area contributed by atoms with E-state index < -0.39 is 0 Å². The van der Waals surface area contributed by atoms with Gasteiger partial charge in [0.05, 0.1) is 6.61 Å². The Labute approximate surface area is 126 Å². The molecule has 0 aliphatic rings. The van der Waals surface area contributed by atoms with Crippen LogP contribution in [0.4, 0.5) is 5.69 Å². The summed E-state index contributed by atoms with van der Waals surface area (Å²) < 4.78 is 11.4. The molecule has 0 atom stereocenters. The molecular formula is C18H23NO2. The highest BCUT2D eigenvalue weighted by Crippen LogP contribution is 2.18. The quantitative estimate of drug-likeness (QED) is 0.735. The van der Waals surface area contributed by atoms with Crippen LogP contribution in [0.3, 0.4) is 0 Å². The Balaban J connectivity index is 1.77. The molecule has 0 fully saturated rings. The summed E-state index contributed by atoms with van der Waals surface area (Å²) in [5.41, 5.74) is 2.21. The Bertz CT molecular complexity index is 554. The summed E-state index contributed by atoms with van der Waals surface area (Å²) in [7, 11) is 0. The van der Waals surface area contributed by atoms with E-state index in [9.17, 15) is 0 Å². The molecule has 0 spiro atoms. The molecule has 0 radical (unpaired) electrons. The van der Waals surface area contributed by atoms with E-state index in [4.69, 9.17) is 9.47 Å². The lowest BCUT2D eigenvalue weighted by Gasteiger charge is -2.11. The molecule has 3 heteroatoms. The molecule has 0 heterocycles. The predicted molar refractivity (Wildman–Crippen MR) is 87.4 cm³/mol. The first-order valence-electron chi connectivity index (χ1n) is 7.44. The van der Waals surface area contributed by atoms with Crippen LogP contribution < -0.4 is 14.8 Å². The van der Waals surface area contributed by atoms with Crippen molar-refractivity contribution in [3.8, 4) is 11.5 Å². The van der Waals surface area contributed by atoms with Gasteiger partial charge in [0.1, 0.15) is 18.1 Å². The molecule has 0 amide bonds. The lowest BCUT2D eigenvalue weighted by Crippen LogP contribution is -2.12. The largest absolute Gasteiger partial charge is 0.494 e. The molecule has 21 heavy (non-hydrogen) atoms. The highest BCUT2D eigenvalue weighted by molar-refractivity contribution is 5.48. The highest BCUT2D eigenvalue weighted by atomic mass is 16.5. The Morgan fingerprint density at radius 1 is 0.952 bits per heavy atom. The van der Waals surface area contributed by atoms with Gasteiger partial charge in [-0.25, -0.2) is 0 Å². The topological polar surface area (TPSA) is 30.5 Å². The molecule has 0 saturated heterocycles. The van der Waals surface area contributed by atoms with Crippen LogP contribution >= 0.6 is 0 Å². The van der Waals surface area contributed by atoms with Crippen LogP contribution in [0, 0.1) is 6.92 Å². The number of anilines is 1. The SMILES string of the molecule is CCCOc1cccc(NCCOc2ccccc2C)c1. The molecule has 2 aromatic carbocycles. The van der Waals surface area contributed by atoms with Crippen LogP contribution in [0.25, 0.3) is 0 Å². The summed E-state index contributed by atoms with van der Waals surface area (Å²) in [6.45, 7) is 6.29. The number of rotatable bonds is 8. The van der Waals surface area contributed by atoms with E-state index in [-0.39, 0.29) is 0 Å². The Kier molecular flexibility index (Phi) is 5.95. The molecule has 2 rings (SSSR count). The van der Waals surface area contributed by atoms with Crippen molar-refractivity contribution in [2.75, 3.05) is 25.1 Å². The van der Waals surface area contributed by atoms with Gasteiger partial charge in [-0.15, -0.1) is 0 Å². The Hall–Kier alpha value is -2.16. The molecule has 0 bridgehead atoms. The zero-order valence-electron chi connectivity index (χ0n) is 12.8. The van der Waals surface area contributed by atoms with Crippen molar-refractivity contribution in [1.29, 1.82) is 0 Å². The van der Waals surface area contributed by atoms with Gasteiger partial charge in [0.15, 0.2) is 0 Å². The third-order valence-electron chi connectivity index (χ3n) is 3.09. The van der Waals surface area contributed by atoms with Gasteiger partial charge in [0.2, 0.25) is 0 Å². The highest BCUT2D eigenvalue weighted by Gasteiger charge is 1.99. The van der Waals surface area contributed by atoms with Gasteiger partial charge >= 0.3 is 0 Å². The summed E-state index contributed by atoms with van der Waals surface area (Å²) in [6.07, 6.45) is 1.02. The normalized spacial score (nSPS) is 10.2. The standard InChI is InChI=1S/C18H23NO2/c1-3-12-20-17-9-6-8-16(14-17)19-11-13-21-18-10-5-4-7-15(18)2/h4-10,14,19H,3,11-13H2,1-2H3. The third kappa shape index (κ3) is 5.03. The molecule has 1 N–H and O–H groups in total. The Morgan fingerprint density at radius 2 is 1.81 bits per heavy atom. The zero-order valence-corrected chi connectivity index (χ0v) is 12.8. The molecule has 112 valence electrons. The van der Waals surface area contributed by atoms with Gasteiger partial charge in [-0.1, -0.05) is 31.2 Å². The van der Waals surface area contributed by atoms with Crippen molar-refractivity contribution in [3.05, 3.63) is 54.1 Å². The minimum absolute atomic E-state index is 0.630. The van der Waals surface area contributed by atoms with E-state index in [1.165, 1.54) is 0 Å². The van der Waals surface area contributed by atoms with Crippen LogP contribution in [-0.2, 0) is 0 Å². The average molecular weight is 285 g/mol. The predicted octanol–water partition coefficient (Wildman–Crippen LogP) is 4.27. The summed E-state index contributed by atoms with van der Waals surface area (Å²) in [5.74, 6) is 1.85. The van der Waals surface area contributed by atoms with Crippen LogP contribution in [0.1, 0.15) is 18.9 Å². The number of para-hydroxylation sites is 1. The Morgan fingerprint density at radius 3 is 2.62 bits per heavy atom. The molecule has 0 saturated carbocycles. The second-order valence-corrected chi connectivity index (χ2v) is 4.92. The second kappa shape index (κ2) is 8.20. The van der Waals surface area contributed by atoms with Crippen LogP contribution in [0.15, 0.2) is 48.5 Å². The summed E-state index contributed by atoms with van der Waals surface area (Å²) >= 11 is 0. The van der Waals surface area contributed by atoms with Gasteiger partial charge in [0, 0.05) is 18.3 Å². The molecular weight excluding hydrogens is 262 g/mol. The van der Waals surface area contributed by atoms with Gasteiger partial charge in [-0.3, -0.25) is 0 Å². The summed E-state index contributed by atoms with van der Waals surface area (Å²) in [5, 5.41) is 3.35. The fraction of sp³-hybridized carbons (Fsp3) is 0.333. The number of nitrogens with one attached hydrogen (secondary N) is 1. The molecule has 0 aliphatic heterocycles. The molecule has 3 nitrogen and oxygen atoms in total. The lowest BCUT2D eigenvalue weighted by molar-refractivity contribution is 0.317. The van der Waals surface area contributed by atoms with Crippen molar-refractivity contribution in [3.63, 3.8) is 0 Å². The van der Waals surface area contributed by atoms with Crippen molar-refractivity contribution in [2.45, 2.75) is 20.3 Å². The monoisotopic (exact) mass is 285 g/mol. The fourth-order valence-electron chi connectivity index (χ4n) is 1.99. The summed E-state index contributed by atoms with van der Waals surface area (Å²) in [4.78, 5) is 0. The number of aryl methyl sites for hydroxylation is 1. The summed E-state index contributed by atoms with van der Waals surface area (Å²) in [6, 6.07) is 16.1. The average Bonchev–Trinajstić information content (AvgIpc) is 2.51. The maximum atomic E-state index is 5.76. The van der Waals surface area contributed by atoms with Gasteiger partial charge in [0.25, 0.3) is 0 Å². The minimum Gasteiger partial charge on any atom is -0.494 e. The molecule has 0 unspecified atom stereocenters. The van der Waals surface area contributed by atoms with Crippen molar-refractivity contribution in [2.24, 2.45) is 0 Å². The number of benzene rings is 2. The first-order chi connectivity index (χ1) is 10.3. The minimum atomic E-state index is 0.630. The van der Waals surface area contributed by atoms with Crippen molar-refractivity contribution < 1.29 is 9.47 Å². The molecule has 0 aromatic heterocycles. The van der Waals surface area contributed by atoms with Crippen molar-refractivity contribution in [1.82, 2.24) is 0 Å². The van der Waals surface area contributed by atoms with E-state index in [1.807, 2.05) is 42.5 Å².